The molecule has 1 aromatic carbocycles. The van der Waals surface area contributed by atoms with Gasteiger partial charge < -0.3 is 10.6 Å². The molecule has 0 bridgehead atoms. The number of nitrogens with two attached hydrogens (primary N) is 1. The van der Waals surface area contributed by atoms with Gasteiger partial charge in [0.05, 0.1) is 0 Å². The molecule has 1 fully saturated rings. The zero-order chi connectivity index (χ0) is 12.4. The van der Waals surface area contributed by atoms with E-state index in [1.807, 2.05) is 30.0 Å². The van der Waals surface area contributed by atoms with Crippen molar-refractivity contribution in [3.05, 3.63) is 33.8 Å². The minimum Gasteiger partial charge on any atom is -0.338 e. The highest BCUT2D eigenvalue weighted by Crippen LogP contribution is 2.21. The smallest absolute Gasteiger partial charge is 0.254 e. The van der Waals surface area contributed by atoms with Crippen molar-refractivity contribution >= 4 is 21.8 Å². The van der Waals surface area contributed by atoms with Crippen molar-refractivity contribution in [3.63, 3.8) is 0 Å². The first kappa shape index (κ1) is 12.6. The summed E-state index contributed by atoms with van der Waals surface area (Å²) in [4.78, 5) is 14.3. The van der Waals surface area contributed by atoms with E-state index in [1.54, 1.807) is 0 Å². The molecule has 1 amide bonds. The van der Waals surface area contributed by atoms with Gasteiger partial charge in [0.25, 0.3) is 5.91 Å². The first-order valence-electron chi connectivity index (χ1n) is 5.87. The van der Waals surface area contributed by atoms with Crippen LogP contribution in [-0.2, 0) is 0 Å². The lowest BCUT2D eigenvalue weighted by Gasteiger charge is -2.17. The molecule has 1 heterocycles. The summed E-state index contributed by atoms with van der Waals surface area (Å²) in [6, 6.07) is 5.82. The number of amides is 1. The number of hydrogen-bond donors (Lipinski definition) is 1. The van der Waals surface area contributed by atoms with Crippen LogP contribution in [0.15, 0.2) is 22.7 Å². The van der Waals surface area contributed by atoms with Crippen molar-refractivity contribution in [3.8, 4) is 0 Å². The quantitative estimate of drug-likeness (QED) is 0.909. The Morgan fingerprint density at radius 1 is 1.59 bits per heavy atom. The van der Waals surface area contributed by atoms with Crippen molar-refractivity contribution in [2.45, 2.75) is 13.3 Å². The molecule has 0 aromatic heterocycles. The van der Waals surface area contributed by atoms with E-state index in [-0.39, 0.29) is 5.91 Å². The van der Waals surface area contributed by atoms with Crippen molar-refractivity contribution < 1.29 is 4.79 Å². The van der Waals surface area contributed by atoms with E-state index in [9.17, 15) is 4.79 Å². The summed E-state index contributed by atoms with van der Waals surface area (Å²) in [5, 5.41) is 0. The molecule has 0 saturated carbocycles. The number of rotatable bonds is 2. The number of carbonyl (C=O) groups excluding carboxylic acids is 1. The second-order valence-corrected chi connectivity index (χ2v) is 5.52. The Morgan fingerprint density at radius 2 is 2.35 bits per heavy atom. The molecule has 1 atom stereocenters. The van der Waals surface area contributed by atoms with Gasteiger partial charge in [0.15, 0.2) is 0 Å². The molecule has 3 nitrogen and oxygen atoms in total. The Hall–Kier alpha value is -0.870. The van der Waals surface area contributed by atoms with Crippen molar-refractivity contribution in [1.29, 1.82) is 0 Å². The molecule has 2 N–H and O–H groups in total. The zero-order valence-corrected chi connectivity index (χ0v) is 11.5. The Kier molecular flexibility index (Phi) is 3.84. The Bertz CT molecular complexity index is 433. The lowest BCUT2D eigenvalue weighted by Crippen LogP contribution is -2.30. The summed E-state index contributed by atoms with van der Waals surface area (Å²) < 4.78 is 0.945. The number of aryl methyl sites for hydroxylation is 1. The molecule has 0 aliphatic carbocycles. The van der Waals surface area contributed by atoms with Gasteiger partial charge >= 0.3 is 0 Å². The summed E-state index contributed by atoms with van der Waals surface area (Å²) in [5.41, 5.74) is 7.45. The lowest BCUT2D eigenvalue weighted by atomic mass is 10.1. The Morgan fingerprint density at radius 3 is 3.00 bits per heavy atom. The standard InChI is InChI=1S/C13H17BrN2O/c1-9-2-3-11(14)6-12(9)13(17)16-5-4-10(7-15)8-16/h2-3,6,10H,4-5,7-8,15H2,1H3/t10-/m0/s1. The van der Waals surface area contributed by atoms with Crippen molar-refractivity contribution in [1.82, 2.24) is 4.90 Å². The molecule has 1 saturated heterocycles. The topological polar surface area (TPSA) is 46.3 Å². The van der Waals surface area contributed by atoms with Crippen LogP contribution < -0.4 is 5.73 Å². The zero-order valence-electron chi connectivity index (χ0n) is 9.95. The maximum Gasteiger partial charge on any atom is 0.254 e. The molecule has 0 unspecified atom stereocenters. The maximum absolute atomic E-state index is 12.3. The SMILES string of the molecule is Cc1ccc(Br)cc1C(=O)N1CC[C@@H](CN)C1. The normalized spacial score (nSPS) is 19.7. The molecular formula is C13H17BrN2O. The van der Waals surface area contributed by atoms with E-state index in [1.165, 1.54) is 0 Å². The van der Waals surface area contributed by atoms with Crippen LogP contribution in [0.5, 0.6) is 0 Å². The summed E-state index contributed by atoms with van der Waals surface area (Å²) in [6.07, 6.45) is 1.02. The second-order valence-electron chi connectivity index (χ2n) is 4.60. The summed E-state index contributed by atoms with van der Waals surface area (Å²) >= 11 is 3.41. The fourth-order valence-electron chi connectivity index (χ4n) is 2.20. The number of halogens is 1. The number of likely N-dealkylation sites (tertiary alicyclic amines) is 1. The average molecular weight is 297 g/mol. The van der Waals surface area contributed by atoms with Crippen molar-refractivity contribution in [2.24, 2.45) is 11.7 Å². The van der Waals surface area contributed by atoms with Crippen LogP contribution >= 0.6 is 15.9 Å². The predicted octanol–water partition coefficient (Wildman–Crippen LogP) is 2.18. The third kappa shape index (κ3) is 2.69. The predicted molar refractivity (Wildman–Crippen MR) is 71.9 cm³/mol. The van der Waals surface area contributed by atoms with Crippen LogP contribution in [0.1, 0.15) is 22.3 Å². The van der Waals surface area contributed by atoms with Gasteiger partial charge in [0.2, 0.25) is 0 Å². The molecule has 17 heavy (non-hydrogen) atoms. The van der Waals surface area contributed by atoms with Gasteiger partial charge in [-0.1, -0.05) is 22.0 Å². The van der Waals surface area contributed by atoms with Crippen LogP contribution in [0.4, 0.5) is 0 Å². The highest BCUT2D eigenvalue weighted by Gasteiger charge is 2.26. The maximum atomic E-state index is 12.3. The van der Waals surface area contributed by atoms with Crippen LogP contribution in [0, 0.1) is 12.8 Å². The van der Waals surface area contributed by atoms with Crippen molar-refractivity contribution in [2.75, 3.05) is 19.6 Å². The van der Waals surface area contributed by atoms with E-state index >= 15 is 0 Å². The largest absolute Gasteiger partial charge is 0.338 e. The molecule has 4 heteroatoms. The highest BCUT2D eigenvalue weighted by molar-refractivity contribution is 9.10. The second kappa shape index (κ2) is 5.19. The molecule has 92 valence electrons. The molecule has 0 spiro atoms. The first-order chi connectivity index (χ1) is 8.11. The Balaban J connectivity index is 2.17. The molecule has 1 aliphatic rings. The fourth-order valence-corrected chi connectivity index (χ4v) is 2.57. The number of carbonyl (C=O) groups is 1. The van der Waals surface area contributed by atoms with E-state index in [2.05, 4.69) is 15.9 Å². The summed E-state index contributed by atoms with van der Waals surface area (Å²) in [6.45, 7) is 4.26. The minimum atomic E-state index is 0.125. The van der Waals surface area contributed by atoms with Gasteiger partial charge in [-0.2, -0.15) is 0 Å². The average Bonchev–Trinajstić information content (AvgIpc) is 2.80. The fraction of sp³-hybridized carbons (Fsp3) is 0.462. The van der Waals surface area contributed by atoms with Gasteiger partial charge in [-0.3, -0.25) is 4.79 Å². The van der Waals surface area contributed by atoms with E-state index < -0.39 is 0 Å². The number of hydrogen-bond acceptors (Lipinski definition) is 2. The molecule has 0 radical (unpaired) electrons. The first-order valence-corrected chi connectivity index (χ1v) is 6.66. The van der Waals surface area contributed by atoms with Crippen LogP contribution in [0.25, 0.3) is 0 Å². The van der Waals surface area contributed by atoms with E-state index in [0.717, 1.165) is 35.1 Å². The third-order valence-corrected chi connectivity index (χ3v) is 3.83. The van der Waals surface area contributed by atoms with E-state index in [0.29, 0.717) is 12.5 Å². The molecule has 1 aliphatic heterocycles. The van der Waals surface area contributed by atoms with Crippen LogP contribution in [0.3, 0.4) is 0 Å². The molecule has 1 aromatic rings. The lowest BCUT2D eigenvalue weighted by molar-refractivity contribution is 0.0787. The van der Waals surface area contributed by atoms with Gasteiger partial charge in [-0.05, 0) is 43.5 Å². The van der Waals surface area contributed by atoms with Gasteiger partial charge in [0, 0.05) is 23.1 Å². The summed E-state index contributed by atoms with van der Waals surface area (Å²) in [7, 11) is 0. The van der Waals surface area contributed by atoms with Crippen LogP contribution in [0.2, 0.25) is 0 Å². The van der Waals surface area contributed by atoms with Crippen LogP contribution in [-0.4, -0.2) is 30.4 Å². The van der Waals surface area contributed by atoms with Gasteiger partial charge in [-0.15, -0.1) is 0 Å². The Labute approximate surface area is 110 Å². The number of nitrogens with zero attached hydrogens (tertiary/aromatic N) is 1. The monoisotopic (exact) mass is 296 g/mol. The van der Waals surface area contributed by atoms with E-state index in [4.69, 9.17) is 5.73 Å². The number of benzene rings is 1. The highest BCUT2D eigenvalue weighted by atomic mass is 79.9. The van der Waals surface area contributed by atoms with Gasteiger partial charge in [0.1, 0.15) is 0 Å². The molecule has 2 rings (SSSR count). The summed E-state index contributed by atoms with van der Waals surface area (Å²) in [5.74, 6) is 0.589. The minimum absolute atomic E-state index is 0.125. The third-order valence-electron chi connectivity index (χ3n) is 3.34. The molecular weight excluding hydrogens is 280 g/mol. The van der Waals surface area contributed by atoms with Gasteiger partial charge in [-0.25, -0.2) is 0 Å².